The van der Waals surface area contributed by atoms with E-state index < -0.39 is 0 Å². The number of hydrogen-bond acceptors (Lipinski definition) is 2. The fourth-order valence-corrected chi connectivity index (χ4v) is 2.35. The summed E-state index contributed by atoms with van der Waals surface area (Å²) in [5.41, 5.74) is 6.42. The van der Waals surface area contributed by atoms with Gasteiger partial charge in [-0.2, -0.15) is 0 Å². The van der Waals surface area contributed by atoms with E-state index in [2.05, 4.69) is 34.2 Å². The maximum absolute atomic E-state index is 10.8. The highest BCUT2D eigenvalue weighted by molar-refractivity contribution is 9.10. The first-order valence-electron chi connectivity index (χ1n) is 5.76. The second-order valence-electron chi connectivity index (χ2n) is 4.43. The third-order valence-electron chi connectivity index (χ3n) is 2.56. The summed E-state index contributed by atoms with van der Waals surface area (Å²) in [7, 11) is 0. The van der Waals surface area contributed by atoms with Gasteiger partial charge in [0.2, 0.25) is 5.91 Å². The second-order valence-corrected chi connectivity index (χ2v) is 5.29. The topological polar surface area (TPSA) is 55.1 Å². The molecular weight excluding hydrogens is 280 g/mol. The molecule has 0 aromatic heterocycles. The van der Waals surface area contributed by atoms with Crippen LogP contribution in [0.5, 0.6) is 0 Å². The van der Waals surface area contributed by atoms with Crippen molar-refractivity contribution in [2.45, 2.75) is 38.8 Å². The zero-order valence-electron chi connectivity index (χ0n) is 10.2. The van der Waals surface area contributed by atoms with Gasteiger partial charge < -0.3 is 11.1 Å². The summed E-state index contributed by atoms with van der Waals surface area (Å²) < 4.78 is 1.12. The van der Waals surface area contributed by atoms with Crippen LogP contribution in [0.2, 0.25) is 0 Å². The number of primary amides is 1. The molecule has 94 valence electrons. The van der Waals surface area contributed by atoms with Crippen LogP contribution in [0.1, 0.15) is 25.8 Å². The fourth-order valence-electron chi connectivity index (χ4n) is 1.90. The molecule has 0 radical (unpaired) electrons. The number of benzene rings is 1. The molecule has 0 spiro atoms. The van der Waals surface area contributed by atoms with Crippen LogP contribution in [0, 0.1) is 0 Å². The molecule has 0 aliphatic heterocycles. The van der Waals surface area contributed by atoms with Gasteiger partial charge in [-0.15, -0.1) is 0 Å². The smallest absolute Gasteiger partial charge is 0.218 e. The average Bonchev–Trinajstić information content (AvgIpc) is 2.19. The van der Waals surface area contributed by atoms with Crippen LogP contribution < -0.4 is 11.1 Å². The highest BCUT2D eigenvalue weighted by Gasteiger charge is 2.11. The lowest BCUT2D eigenvalue weighted by Gasteiger charge is -2.19. The van der Waals surface area contributed by atoms with Crippen molar-refractivity contribution >= 4 is 21.8 Å². The van der Waals surface area contributed by atoms with Crippen molar-refractivity contribution in [1.29, 1.82) is 0 Å². The third kappa shape index (κ3) is 5.33. The summed E-state index contributed by atoms with van der Waals surface area (Å²) in [4.78, 5) is 10.8. The van der Waals surface area contributed by atoms with Crippen molar-refractivity contribution in [3.63, 3.8) is 0 Å². The Hall–Kier alpha value is -0.870. The van der Waals surface area contributed by atoms with E-state index in [1.807, 2.05) is 25.1 Å². The molecule has 0 aliphatic rings. The van der Waals surface area contributed by atoms with Crippen LogP contribution >= 0.6 is 15.9 Å². The number of carbonyl (C=O) groups is 1. The molecule has 3 nitrogen and oxygen atoms in total. The Balaban J connectivity index is 2.47. The van der Waals surface area contributed by atoms with Crippen LogP contribution in [0.3, 0.4) is 0 Å². The molecule has 2 atom stereocenters. The minimum atomic E-state index is -0.266. The zero-order chi connectivity index (χ0) is 12.8. The maximum Gasteiger partial charge on any atom is 0.218 e. The predicted molar refractivity (Wildman–Crippen MR) is 73.7 cm³/mol. The quantitative estimate of drug-likeness (QED) is 0.846. The first-order chi connectivity index (χ1) is 7.99. The van der Waals surface area contributed by atoms with Crippen molar-refractivity contribution in [1.82, 2.24) is 5.32 Å². The Morgan fingerprint density at radius 2 is 2.00 bits per heavy atom. The largest absolute Gasteiger partial charge is 0.370 e. The summed E-state index contributed by atoms with van der Waals surface area (Å²) in [6, 6.07) is 8.59. The van der Waals surface area contributed by atoms with Crippen molar-refractivity contribution in [3.05, 3.63) is 34.3 Å². The lowest BCUT2D eigenvalue weighted by Crippen LogP contribution is -2.38. The van der Waals surface area contributed by atoms with Crippen LogP contribution in [-0.4, -0.2) is 18.0 Å². The number of carbonyl (C=O) groups excluding carboxylic acids is 1. The molecule has 1 rings (SSSR count). The van der Waals surface area contributed by atoms with E-state index in [-0.39, 0.29) is 11.9 Å². The number of hydrogen-bond donors (Lipinski definition) is 2. The molecule has 1 amide bonds. The summed E-state index contributed by atoms with van der Waals surface area (Å²) in [5.74, 6) is -0.266. The Labute approximate surface area is 111 Å². The molecule has 0 saturated heterocycles. The highest BCUT2D eigenvalue weighted by Crippen LogP contribution is 2.17. The average molecular weight is 299 g/mol. The lowest BCUT2D eigenvalue weighted by atomic mass is 10.1. The second kappa shape index (κ2) is 6.77. The Kier molecular flexibility index (Phi) is 5.65. The van der Waals surface area contributed by atoms with E-state index >= 15 is 0 Å². The van der Waals surface area contributed by atoms with Gasteiger partial charge in [0.05, 0.1) is 0 Å². The normalized spacial score (nSPS) is 14.3. The van der Waals surface area contributed by atoms with Gasteiger partial charge in [0.15, 0.2) is 0 Å². The molecular formula is C13H19BrN2O. The summed E-state index contributed by atoms with van der Waals surface area (Å²) in [6.07, 6.45) is 1.30. The van der Waals surface area contributed by atoms with Crippen LogP contribution in [0.4, 0.5) is 0 Å². The summed E-state index contributed by atoms with van der Waals surface area (Å²) >= 11 is 3.53. The molecule has 0 saturated carbocycles. The Morgan fingerprint density at radius 3 is 2.59 bits per heavy atom. The minimum Gasteiger partial charge on any atom is -0.370 e. The Morgan fingerprint density at radius 1 is 1.35 bits per heavy atom. The van der Waals surface area contributed by atoms with E-state index in [4.69, 9.17) is 5.73 Å². The molecule has 0 bridgehead atoms. The predicted octanol–water partition coefficient (Wildman–Crippen LogP) is 2.23. The zero-order valence-corrected chi connectivity index (χ0v) is 11.8. The molecule has 17 heavy (non-hydrogen) atoms. The van der Waals surface area contributed by atoms with Crippen LogP contribution in [-0.2, 0) is 11.2 Å². The third-order valence-corrected chi connectivity index (χ3v) is 3.33. The van der Waals surface area contributed by atoms with Crippen molar-refractivity contribution < 1.29 is 4.79 Å². The monoisotopic (exact) mass is 298 g/mol. The molecule has 1 aromatic rings. The van der Waals surface area contributed by atoms with E-state index in [1.165, 1.54) is 5.56 Å². The first kappa shape index (κ1) is 14.2. The fraction of sp³-hybridized carbons (Fsp3) is 0.462. The van der Waals surface area contributed by atoms with E-state index in [9.17, 15) is 4.79 Å². The number of nitrogens with one attached hydrogen (secondary N) is 1. The van der Waals surface area contributed by atoms with Gasteiger partial charge in [0.25, 0.3) is 0 Å². The lowest BCUT2D eigenvalue weighted by molar-refractivity contribution is -0.118. The molecule has 0 heterocycles. The van der Waals surface area contributed by atoms with Gasteiger partial charge in [-0.3, -0.25) is 4.79 Å². The number of halogens is 1. The highest BCUT2D eigenvalue weighted by atomic mass is 79.9. The minimum absolute atomic E-state index is 0.116. The molecule has 2 unspecified atom stereocenters. The van der Waals surface area contributed by atoms with Gasteiger partial charge in [-0.05, 0) is 31.9 Å². The Bertz CT molecular complexity index is 381. The molecule has 0 fully saturated rings. The molecule has 0 aliphatic carbocycles. The summed E-state index contributed by atoms with van der Waals surface area (Å²) in [6.45, 7) is 4.08. The van der Waals surface area contributed by atoms with Crippen molar-refractivity contribution in [2.24, 2.45) is 5.73 Å². The number of amides is 1. The standard InChI is InChI=1S/C13H19BrN2O/c1-9(16-10(2)8-13(15)17)7-11-5-3-4-6-12(11)14/h3-6,9-10,16H,7-8H2,1-2H3,(H2,15,17). The first-order valence-corrected chi connectivity index (χ1v) is 6.56. The van der Waals surface area contributed by atoms with Crippen molar-refractivity contribution in [2.75, 3.05) is 0 Å². The van der Waals surface area contributed by atoms with Crippen LogP contribution in [0.25, 0.3) is 0 Å². The van der Waals surface area contributed by atoms with E-state index in [0.29, 0.717) is 12.5 Å². The van der Waals surface area contributed by atoms with E-state index in [0.717, 1.165) is 10.9 Å². The summed E-state index contributed by atoms with van der Waals surface area (Å²) in [5, 5.41) is 3.37. The van der Waals surface area contributed by atoms with Gasteiger partial charge in [0.1, 0.15) is 0 Å². The van der Waals surface area contributed by atoms with Gasteiger partial charge in [-0.1, -0.05) is 34.1 Å². The van der Waals surface area contributed by atoms with E-state index in [1.54, 1.807) is 0 Å². The molecule has 3 N–H and O–H groups in total. The van der Waals surface area contributed by atoms with Gasteiger partial charge in [0, 0.05) is 23.0 Å². The molecule has 1 aromatic carbocycles. The molecule has 4 heteroatoms. The number of nitrogens with two attached hydrogens (primary N) is 1. The SMILES string of the molecule is CC(CC(N)=O)NC(C)Cc1ccccc1Br. The van der Waals surface area contributed by atoms with Crippen LogP contribution in [0.15, 0.2) is 28.7 Å². The van der Waals surface area contributed by atoms with Gasteiger partial charge in [-0.25, -0.2) is 0 Å². The van der Waals surface area contributed by atoms with Crippen molar-refractivity contribution in [3.8, 4) is 0 Å². The van der Waals surface area contributed by atoms with Gasteiger partial charge >= 0.3 is 0 Å². The number of rotatable bonds is 6. The maximum atomic E-state index is 10.8.